The lowest BCUT2D eigenvalue weighted by Gasteiger charge is -2.23. The molecule has 0 unspecified atom stereocenters. The Kier molecular flexibility index (Phi) is 7.40. The van der Waals surface area contributed by atoms with Crippen molar-refractivity contribution in [2.75, 3.05) is 13.7 Å². The lowest BCUT2D eigenvalue weighted by atomic mass is 10.0. The van der Waals surface area contributed by atoms with Crippen LogP contribution >= 0.6 is 0 Å². The lowest BCUT2D eigenvalue weighted by molar-refractivity contribution is 0.0744. The van der Waals surface area contributed by atoms with E-state index in [1.165, 1.54) is 0 Å². The molecular formula is C28H25N3O3. The molecular weight excluding hydrogens is 426 g/mol. The van der Waals surface area contributed by atoms with E-state index in [2.05, 4.69) is 9.97 Å². The summed E-state index contributed by atoms with van der Waals surface area (Å²) in [6, 6.07) is 23.4. The van der Waals surface area contributed by atoms with E-state index in [9.17, 15) is 9.59 Å². The topological polar surface area (TPSA) is 72.4 Å². The van der Waals surface area contributed by atoms with Gasteiger partial charge in [0.05, 0.1) is 7.11 Å². The van der Waals surface area contributed by atoms with Gasteiger partial charge in [-0.05, 0) is 54.1 Å². The van der Waals surface area contributed by atoms with Crippen LogP contribution in [0.1, 0.15) is 37.5 Å². The molecule has 0 saturated carbocycles. The first-order valence-electron chi connectivity index (χ1n) is 11.0. The van der Waals surface area contributed by atoms with Crippen LogP contribution in [0.25, 0.3) is 0 Å². The molecule has 34 heavy (non-hydrogen) atoms. The van der Waals surface area contributed by atoms with Crippen molar-refractivity contribution >= 4 is 11.7 Å². The number of ketones is 1. The number of hydrogen-bond acceptors (Lipinski definition) is 5. The molecule has 0 saturated heterocycles. The largest absolute Gasteiger partial charge is 0.497 e. The third-order valence-corrected chi connectivity index (χ3v) is 5.50. The summed E-state index contributed by atoms with van der Waals surface area (Å²) in [5.41, 5.74) is 3.49. The molecule has 0 fully saturated rings. The molecule has 6 nitrogen and oxygen atoms in total. The molecule has 4 aromatic rings. The van der Waals surface area contributed by atoms with Gasteiger partial charge < -0.3 is 9.64 Å². The highest BCUT2D eigenvalue weighted by Crippen LogP contribution is 2.18. The van der Waals surface area contributed by atoms with Crippen molar-refractivity contribution in [1.82, 2.24) is 14.9 Å². The van der Waals surface area contributed by atoms with Crippen LogP contribution in [0.2, 0.25) is 0 Å². The van der Waals surface area contributed by atoms with E-state index >= 15 is 0 Å². The van der Waals surface area contributed by atoms with Gasteiger partial charge >= 0.3 is 0 Å². The standard InChI is InChI=1S/C28H25N3O3/c1-34-26-7-4-5-24(19-26)27(32)22-8-10-23(11-9-22)28(33)31(20-21-12-16-29-17-13-21)18-14-25-6-2-3-15-30-25/h2-13,15-17,19H,14,18,20H2,1H3. The molecule has 0 aliphatic rings. The number of rotatable bonds is 9. The zero-order valence-corrected chi connectivity index (χ0v) is 18.9. The number of aromatic nitrogens is 2. The fourth-order valence-corrected chi connectivity index (χ4v) is 3.63. The van der Waals surface area contributed by atoms with Gasteiger partial charge in [0.25, 0.3) is 5.91 Å². The van der Waals surface area contributed by atoms with Gasteiger partial charge in [0.1, 0.15) is 5.75 Å². The summed E-state index contributed by atoms with van der Waals surface area (Å²) in [6.45, 7) is 0.974. The van der Waals surface area contributed by atoms with Gasteiger partial charge in [-0.1, -0.05) is 30.3 Å². The van der Waals surface area contributed by atoms with Gasteiger partial charge in [-0.3, -0.25) is 19.6 Å². The average Bonchev–Trinajstić information content (AvgIpc) is 2.91. The Morgan fingerprint density at radius 1 is 0.824 bits per heavy atom. The quantitative estimate of drug-likeness (QED) is 0.348. The smallest absolute Gasteiger partial charge is 0.254 e. The molecule has 0 bridgehead atoms. The molecule has 0 radical (unpaired) electrons. The van der Waals surface area contributed by atoms with Crippen molar-refractivity contribution in [1.29, 1.82) is 0 Å². The summed E-state index contributed by atoms with van der Waals surface area (Å²) < 4.78 is 5.21. The van der Waals surface area contributed by atoms with Gasteiger partial charge in [-0.25, -0.2) is 0 Å². The van der Waals surface area contributed by atoms with E-state index in [0.717, 1.165) is 11.3 Å². The normalized spacial score (nSPS) is 10.5. The Morgan fingerprint density at radius 2 is 1.59 bits per heavy atom. The Balaban J connectivity index is 1.52. The lowest BCUT2D eigenvalue weighted by Crippen LogP contribution is -2.32. The van der Waals surface area contributed by atoms with E-state index in [1.807, 2.05) is 30.3 Å². The third kappa shape index (κ3) is 5.72. The van der Waals surface area contributed by atoms with E-state index in [4.69, 9.17) is 4.74 Å². The number of amides is 1. The SMILES string of the molecule is COc1cccc(C(=O)c2ccc(C(=O)N(CCc3ccccn3)Cc3ccncc3)cc2)c1. The highest BCUT2D eigenvalue weighted by molar-refractivity contribution is 6.09. The highest BCUT2D eigenvalue weighted by Gasteiger charge is 2.18. The van der Waals surface area contributed by atoms with Crippen molar-refractivity contribution in [2.45, 2.75) is 13.0 Å². The van der Waals surface area contributed by atoms with Crippen molar-refractivity contribution in [3.8, 4) is 5.75 Å². The number of ether oxygens (including phenoxy) is 1. The predicted molar refractivity (Wildman–Crippen MR) is 130 cm³/mol. The van der Waals surface area contributed by atoms with Gasteiger partial charge in [0.2, 0.25) is 0 Å². The first-order chi connectivity index (χ1) is 16.6. The number of carbonyl (C=O) groups excluding carboxylic acids is 2. The molecule has 6 heteroatoms. The number of hydrogen-bond donors (Lipinski definition) is 0. The van der Waals surface area contributed by atoms with Crippen LogP contribution in [0, 0.1) is 0 Å². The number of pyridine rings is 2. The summed E-state index contributed by atoms with van der Waals surface area (Å²) in [7, 11) is 1.57. The van der Waals surface area contributed by atoms with Crippen molar-refractivity contribution < 1.29 is 14.3 Å². The van der Waals surface area contributed by atoms with Crippen LogP contribution in [0.3, 0.4) is 0 Å². The van der Waals surface area contributed by atoms with Crippen LogP contribution in [0.5, 0.6) is 5.75 Å². The van der Waals surface area contributed by atoms with Crippen LogP contribution in [-0.4, -0.2) is 40.2 Å². The van der Waals surface area contributed by atoms with Crippen LogP contribution in [-0.2, 0) is 13.0 Å². The number of methoxy groups -OCH3 is 1. The summed E-state index contributed by atoms with van der Waals surface area (Å²) in [4.78, 5) is 36.5. The molecule has 0 aliphatic heterocycles. The first-order valence-corrected chi connectivity index (χ1v) is 11.0. The Bertz CT molecular complexity index is 1240. The summed E-state index contributed by atoms with van der Waals surface area (Å²) in [5, 5.41) is 0. The fraction of sp³-hybridized carbons (Fsp3) is 0.143. The summed E-state index contributed by atoms with van der Waals surface area (Å²) in [5.74, 6) is 0.395. The van der Waals surface area contributed by atoms with Crippen molar-refractivity contribution in [2.24, 2.45) is 0 Å². The molecule has 2 aromatic carbocycles. The molecule has 1 amide bonds. The summed E-state index contributed by atoms with van der Waals surface area (Å²) in [6.07, 6.45) is 5.83. The zero-order valence-electron chi connectivity index (χ0n) is 18.9. The Labute approximate surface area is 198 Å². The molecule has 0 aliphatic carbocycles. The van der Waals surface area contributed by atoms with Crippen molar-refractivity contribution in [3.05, 3.63) is 125 Å². The van der Waals surface area contributed by atoms with E-state index < -0.39 is 0 Å². The highest BCUT2D eigenvalue weighted by atomic mass is 16.5. The van der Waals surface area contributed by atoms with Gasteiger partial charge in [0, 0.05) is 60.5 Å². The minimum Gasteiger partial charge on any atom is -0.497 e. The fourth-order valence-electron chi connectivity index (χ4n) is 3.63. The molecule has 0 N–H and O–H groups in total. The van der Waals surface area contributed by atoms with Gasteiger partial charge in [-0.15, -0.1) is 0 Å². The molecule has 4 rings (SSSR count). The number of nitrogens with zero attached hydrogens (tertiary/aromatic N) is 3. The second-order valence-corrected chi connectivity index (χ2v) is 7.79. The maximum atomic E-state index is 13.4. The van der Waals surface area contributed by atoms with Gasteiger partial charge in [-0.2, -0.15) is 0 Å². The molecule has 2 aromatic heterocycles. The average molecular weight is 452 g/mol. The van der Waals surface area contributed by atoms with Crippen LogP contribution < -0.4 is 4.74 Å². The maximum absolute atomic E-state index is 13.4. The maximum Gasteiger partial charge on any atom is 0.254 e. The minimum atomic E-state index is -0.123. The first kappa shape index (κ1) is 22.9. The third-order valence-electron chi connectivity index (χ3n) is 5.50. The van der Waals surface area contributed by atoms with Crippen molar-refractivity contribution in [3.63, 3.8) is 0 Å². The zero-order chi connectivity index (χ0) is 23.8. The Morgan fingerprint density at radius 3 is 2.29 bits per heavy atom. The summed E-state index contributed by atoms with van der Waals surface area (Å²) >= 11 is 0. The number of carbonyl (C=O) groups is 2. The molecule has 0 atom stereocenters. The predicted octanol–water partition coefficient (Wildman–Crippen LogP) is 4.60. The Hall–Kier alpha value is -4.32. The van der Waals surface area contributed by atoms with Crippen LogP contribution in [0.15, 0.2) is 97.5 Å². The van der Waals surface area contributed by atoms with E-state index in [0.29, 0.717) is 42.0 Å². The number of benzene rings is 2. The van der Waals surface area contributed by atoms with Crippen LogP contribution in [0.4, 0.5) is 0 Å². The van der Waals surface area contributed by atoms with Gasteiger partial charge in [0.15, 0.2) is 5.78 Å². The molecule has 170 valence electrons. The molecule has 0 spiro atoms. The van der Waals surface area contributed by atoms with E-state index in [1.54, 1.807) is 79.1 Å². The van der Waals surface area contributed by atoms with E-state index in [-0.39, 0.29) is 11.7 Å². The monoisotopic (exact) mass is 451 g/mol. The second-order valence-electron chi connectivity index (χ2n) is 7.79. The molecule has 2 heterocycles. The second kappa shape index (κ2) is 11.0. The minimum absolute atomic E-state index is 0.104.